The summed E-state index contributed by atoms with van der Waals surface area (Å²) < 4.78 is 0. The molecule has 0 spiro atoms. The molecule has 27 heavy (non-hydrogen) atoms. The molecule has 0 saturated carbocycles. The average molecular weight is 386 g/mol. The molecular formula is C21H27N3O2S. The van der Waals surface area contributed by atoms with Gasteiger partial charge in [-0.2, -0.15) is 0 Å². The van der Waals surface area contributed by atoms with E-state index in [0.717, 1.165) is 24.7 Å². The summed E-state index contributed by atoms with van der Waals surface area (Å²) in [5.74, 6) is 0.682. The first kappa shape index (κ1) is 19.4. The summed E-state index contributed by atoms with van der Waals surface area (Å²) >= 11 is 1.41. The monoisotopic (exact) mass is 385 g/mol. The number of thiophene rings is 1. The smallest absolute Gasteiger partial charge is 0.261 e. The lowest BCUT2D eigenvalue weighted by Gasteiger charge is -2.32. The van der Waals surface area contributed by atoms with Gasteiger partial charge in [0.05, 0.1) is 4.88 Å². The van der Waals surface area contributed by atoms with Gasteiger partial charge in [-0.1, -0.05) is 13.0 Å². The van der Waals surface area contributed by atoms with E-state index in [2.05, 4.69) is 29.3 Å². The van der Waals surface area contributed by atoms with Crippen LogP contribution in [0.4, 0.5) is 11.4 Å². The number of nitrogens with zero attached hydrogens (tertiary/aromatic N) is 2. The highest BCUT2D eigenvalue weighted by molar-refractivity contribution is 7.12. The van der Waals surface area contributed by atoms with Gasteiger partial charge >= 0.3 is 0 Å². The van der Waals surface area contributed by atoms with Crippen LogP contribution >= 0.6 is 11.3 Å². The van der Waals surface area contributed by atoms with Gasteiger partial charge in [0, 0.05) is 44.5 Å². The molecule has 2 aromatic rings. The maximum absolute atomic E-state index is 12.1. The Hall–Kier alpha value is -2.34. The van der Waals surface area contributed by atoms with Gasteiger partial charge in [-0.25, -0.2) is 0 Å². The molecule has 2 amide bonds. The van der Waals surface area contributed by atoms with Crippen molar-refractivity contribution in [3.8, 4) is 0 Å². The minimum absolute atomic E-state index is 0.0279. The predicted molar refractivity (Wildman–Crippen MR) is 112 cm³/mol. The van der Waals surface area contributed by atoms with Gasteiger partial charge in [0.1, 0.15) is 0 Å². The Morgan fingerprint density at radius 2 is 1.89 bits per heavy atom. The molecule has 1 N–H and O–H groups in total. The quantitative estimate of drug-likeness (QED) is 0.824. The number of benzene rings is 1. The number of amides is 2. The van der Waals surface area contributed by atoms with E-state index in [1.165, 1.54) is 29.9 Å². The first-order chi connectivity index (χ1) is 13.0. The molecule has 0 unspecified atom stereocenters. The van der Waals surface area contributed by atoms with Crippen LogP contribution in [0, 0.1) is 5.92 Å². The van der Waals surface area contributed by atoms with Crippen LogP contribution in [0.25, 0.3) is 0 Å². The number of carbonyl (C=O) groups is 2. The standard InChI is InChI=1S/C21H27N3O2S/c1-16-9-12-23(13-10-16)18-5-7-19(8-6-18)24(17(2)25)14-11-22-21(26)20-4-3-15-27-20/h3-8,15-16H,9-14H2,1-2H3,(H,22,26). The molecule has 0 bridgehead atoms. The molecule has 5 nitrogen and oxygen atoms in total. The van der Waals surface area contributed by atoms with Crippen LogP contribution in [0.3, 0.4) is 0 Å². The average Bonchev–Trinajstić information content (AvgIpc) is 3.21. The van der Waals surface area contributed by atoms with Crippen molar-refractivity contribution in [3.63, 3.8) is 0 Å². The molecule has 1 aliphatic heterocycles. The highest BCUT2D eigenvalue weighted by Gasteiger charge is 2.17. The van der Waals surface area contributed by atoms with Crippen LogP contribution in [0.2, 0.25) is 0 Å². The van der Waals surface area contributed by atoms with E-state index in [1.807, 2.05) is 23.6 Å². The van der Waals surface area contributed by atoms with Crippen molar-refractivity contribution in [1.29, 1.82) is 0 Å². The topological polar surface area (TPSA) is 52.7 Å². The summed E-state index contributed by atoms with van der Waals surface area (Å²) in [6, 6.07) is 11.8. The van der Waals surface area contributed by atoms with Gasteiger partial charge in [0.2, 0.25) is 5.91 Å². The lowest BCUT2D eigenvalue weighted by Crippen LogP contribution is -2.37. The van der Waals surface area contributed by atoms with Gasteiger partial charge in [-0.15, -0.1) is 11.3 Å². The Kier molecular flexibility index (Phi) is 6.50. The van der Waals surface area contributed by atoms with Crippen molar-refractivity contribution in [2.24, 2.45) is 5.92 Å². The number of anilines is 2. The van der Waals surface area contributed by atoms with Crippen molar-refractivity contribution in [1.82, 2.24) is 5.32 Å². The van der Waals surface area contributed by atoms with Crippen molar-refractivity contribution < 1.29 is 9.59 Å². The second-order valence-corrected chi connectivity index (χ2v) is 8.04. The van der Waals surface area contributed by atoms with Crippen molar-refractivity contribution >= 4 is 34.5 Å². The maximum Gasteiger partial charge on any atom is 0.261 e. The van der Waals surface area contributed by atoms with Crippen LogP contribution in [0.1, 0.15) is 36.4 Å². The van der Waals surface area contributed by atoms with E-state index in [0.29, 0.717) is 18.0 Å². The SMILES string of the molecule is CC(=O)N(CCNC(=O)c1cccs1)c1ccc(N2CCC(C)CC2)cc1. The molecule has 1 aromatic heterocycles. The molecule has 6 heteroatoms. The molecular weight excluding hydrogens is 358 g/mol. The summed E-state index contributed by atoms with van der Waals surface area (Å²) in [5, 5.41) is 4.75. The highest BCUT2D eigenvalue weighted by atomic mass is 32.1. The van der Waals surface area contributed by atoms with Crippen LogP contribution in [-0.4, -0.2) is 38.0 Å². The van der Waals surface area contributed by atoms with Crippen LogP contribution in [0.15, 0.2) is 41.8 Å². The fourth-order valence-corrected chi connectivity index (χ4v) is 3.99. The zero-order valence-electron chi connectivity index (χ0n) is 16.0. The fourth-order valence-electron chi connectivity index (χ4n) is 3.35. The molecule has 1 aromatic carbocycles. The minimum Gasteiger partial charge on any atom is -0.372 e. The molecule has 144 valence electrons. The van der Waals surface area contributed by atoms with E-state index in [4.69, 9.17) is 0 Å². The van der Waals surface area contributed by atoms with Crippen LogP contribution in [-0.2, 0) is 4.79 Å². The lowest BCUT2D eigenvalue weighted by molar-refractivity contribution is -0.116. The third kappa shape index (κ3) is 5.10. The number of carbonyl (C=O) groups excluding carboxylic acids is 2. The minimum atomic E-state index is -0.0943. The van der Waals surface area contributed by atoms with Crippen molar-refractivity contribution in [2.75, 3.05) is 36.0 Å². The maximum atomic E-state index is 12.1. The molecule has 3 rings (SSSR count). The first-order valence-electron chi connectivity index (χ1n) is 9.49. The lowest BCUT2D eigenvalue weighted by atomic mass is 9.99. The number of hydrogen-bond acceptors (Lipinski definition) is 4. The Bertz CT molecular complexity index is 750. The van der Waals surface area contributed by atoms with Gasteiger partial charge in [0.25, 0.3) is 5.91 Å². The first-order valence-corrected chi connectivity index (χ1v) is 10.4. The summed E-state index contributed by atoms with van der Waals surface area (Å²) in [5.41, 5.74) is 2.07. The Morgan fingerprint density at radius 1 is 1.19 bits per heavy atom. The van der Waals surface area contributed by atoms with Crippen LogP contribution < -0.4 is 15.1 Å². The van der Waals surface area contributed by atoms with E-state index in [9.17, 15) is 9.59 Å². The van der Waals surface area contributed by atoms with E-state index in [-0.39, 0.29) is 11.8 Å². The zero-order valence-corrected chi connectivity index (χ0v) is 16.8. The Balaban J connectivity index is 1.57. The molecule has 1 aliphatic rings. The summed E-state index contributed by atoms with van der Waals surface area (Å²) in [7, 11) is 0. The van der Waals surface area contributed by atoms with Crippen molar-refractivity contribution in [3.05, 3.63) is 46.7 Å². The Labute approximate surface area is 165 Å². The van der Waals surface area contributed by atoms with Crippen LogP contribution in [0.5, 0.6) is 0 Å². The molecule has 0 atom stereocenters. The van der Waals surface area contributed by atoms with E-state index < -0.39 is 0 Å². The number of hydrogen-bond donors (Lipinski definition) is 1. The van der Waals surface area contributed by atoms with Gasteiger partial charge in [-0.05, 0) is 54.5 Å². The third-order valence-electron chi connectivity index (χ3n) is 5.06. The molecule has 2 heterocycles. The molecule has 0 aliphatic carbocycles. The highest BCUT2D eigenvalue weighted by Crippen LogP contribution is 2.25. The van der Waals surface area contributed by atoms with E-state index >= 15 is 0 Å². The summed E-state index contributed by atoms with van der Waals surface area (Å²) in [4.78, 5) is 28.9. The fraction of sp³-hybridized carbons (Fsp3) is 0.429. The zero-order chi connectivity index (χ0) is 19.2. The number of piperidine rings is 1. The number of nitrogens with one attached hydrogen (secondary N) is 1. The summed E-state index contributed by atoms with van der Waals surface area (Å²) in [6.07, 6.45) is 2.45. The third-order valence-corrected chi connectivity index (χ3v) is 5.92. The largest absolute Gasteiger partial charge is 0.372 e. The Morgan fingerprint density at radius 3 is 2.48 bits per heavy atom. The van der Waals surface area contributed by atoms with E-state index in [1.54, 1.807) is 17.9 Å². The predicted octanol–water partition coefficient (Wildman–Crippen LogP) is 3.77. The van der Waals surface area contributed by atoms with Gasteiger partial charge in [0.15, 0.2) is 0 Å². The van der Waals surface area contributed by atoms with Gasteiger partial charge in [-0.3, -0.25) is 9.59 Å². The molecule has 0 radical (unpaired) electrons. The number of rotatable bonds is 6. The molecule has 1 fully saturated rings. The van der Waals surface area contributed by atoms with Gasteiger partial charge < -0.3 is 15.1 Å². The second-order valence-electron chi connectivity index (χ2n) is 7.09. The summed E-state index contributed by atoms with van der Waals surface area (Å²) in [6.45, 7) is 6.91. The molecule has 1 saturated heterocycles. The second kappa shape index (κ2) is 9.04. The normalized spacial score (nSPS) is 14.8. The van der Waals surface area contributed by atoms with Crippen molar-refractivity contribution in [2.45, 2.75) is 26.7 Å².